The largest absolute Gasteiger partial charge is 0.493 e. The molecule has 1 aliphatic rings. The summed E-state index contributed by atoms with van der Waals surface area (Å²) in [5.74, 6) is 0.973. The van der Waals surface area contributed by atoms with Crippen LogP contribution in [0.1, 0.15) is 18.1 Å². The van der Waals surface area contributed by atoms with Gasteiger partial charge in [-0.1, -0.05) is 28.1 Å². The van der Waals surface area contributed by atoms with Crippen molar-refractivity contribution in [2.45, 2.75) is 13.5 Å². The fraction of sp³-hybridized carbons (Fsp3) is 0.200. The van der Waals surface area contributed by atoms with Gasteiger partial charge in [0.05, 0.1) is 28.7 Å². The molecule has 0 spiro atoms. The van der Waals surface area contributed by atoms with E-state index in [2.05, 4.69) is 38.5 Å². The van der Waals surface area contributed by atoms with Gasteiger partial charge >= 0.3 is 0 Å². The van der Waals surface area contributed by atoms with Crippen molar-refractivity contribution >= 4 is 67.5 Å². The van der Waals surface area contributed by atoms with Gasteiger partial charge in [-0.15, -0.1) is 0 Å². The minimum atomic E-state index is -0.291. The highest BCUT2D eigenvalue weighted by Crippen LogP contribution is 2.37. The van der Waals surface area contributed by atoms with Crippen LogP contribution in [0.2, 0.25) is 0 Å². The Hall–Kier alpha value is -1.52. The first-order chi connectivity index (χ1) is 13.4. The van der Waals surface area contributed by atoms with Gasteiger partial charge in [0.15, 0.2) is 11.5 Å². The lowest BCUT2D eigenvalue weighted by Gasteiger charge is -2.13. The zero-order chi connectivity index (χ0) is 20.3. The van der Waals surface area contributed by atoms with E-state index in [1.54, 1.807) is 19.3 Å². The molecular formula is C20H17BrINO4S. The van der Waals surface area contributed by atoms with Gasteiger partial charge in [0.1, 0.15) is 0 Å². The zero-order valence-corrected chi connectivity index (χ0v) is 19.8. The van der Waals surface area contributed by atoms with E-state index >= 15 is 0 Å². The van der Waals surface area contributed by atoms with Crippen LogP contribution < -0.4 is 9.47 Å². The number of methoxy groups -OCH3 is 1. The van der Waals surface area contributed by atoms with E-state index in [0.717, 1.165) is 30.9 Å². The molecule has 146 valence electrons. The first kappa shape index (κ1) is 21.2. The normalized spacial score (nSPS) is 15.4. The Balaban J connectivity index is 1.85. The maximum Gasteiger partial charge on any atom is 0.293 e. The number of nitrogens with zero attached hydrogens (tertiary/aromatic N) is 1. The quantitative estimate of drug-likeness (QED) is 0.328. The first-order valence-electron chi connectivity index (χ1n) is 8.43. The van der Waals surface area contributed by atoms with Crippen LogP contribution in [0.25, 0.3) is 6.08 Å². The summed E-state index contributed by atoms with van der Waals surface area (Å²) in [7, 11) is 1.57. The van der Waals surface area contributed by atoms with Crippen molar-refractivity contribution in [3.05, 3.63) is 60.5 Å². The molecule has 0 aliphatic carbocycles. The van der Waals surface area contributed by atoms with E-state index in [0.29, 0.717) is 23.0 Å². The topological polar surface area (TPSA) is 55.8 Å². The molecule has 0 atom stereocenters. The maximum atomic E-state index is 12.7. The van der Waals surface area contributed by atoms with Crippen molar-refractivity contribution in [3.63, 3.8) is 0 Å². The van der Waals surface area contributed by atoms with Gasteiger partial charge in [-0.25, -0.2) is 0 Å². The van der Waals surface area contributed by atoms with Crippen molar-refractivity contribution in [2.75, 3.05) is 13.7 Å². The fourth-order valence-electron chi connectivity index (χ4n) is 2.67. The molecule has 0 unspecified atom stereocenters. The van der Waals surface area contributed by atoms with E-state index in [9.17, 15) is 9.59 Å². The molecule has 0 bridgehead atoms. The Morgan fingerprint density at radius 2 is 1.93 bits per heavy atom. The smallest absolute Gasteiger partial charge is 0.293 e. The molecule has 1 aliphatic heterocycles. The summed E-state index contributed by atoms with van der Waals surface area (Å²) < 4.78 is 12.9. The number of carbonyl (C=O) groups is 2. The number of halogens is 2. The highest BCUT2D eigenvalue weighted by Gasteiger charge is 2.35. The summed E-state index contributed by atoms with van der Waals surface area (Å²) in [4.78, 5) is 26.8. The van der Waals surface area contributed by atoms with Crippen molar-refractivity contribution in [1.29, 1.82) is 0 Å². The lowest BCUT2D eigenvalue weighted by atomic mass is 10.1. The predicted molar refractivity (Wildman–Crippen MR) is 123 cm³/mol. The van der Waals surface area contributed by atoms with Crippen LogP contribution in [0.15, 0.2) is 45.8 Å². The number of carbonyl (C=O) groups excluding carboxylic acids is 2. The van der Waals surface area contributed by atoms with E-state index in [1.807, 2.05) is 37.3 Å². The molecule has 0 radical (unpaired) electrons. The molecule has 3 rings (SSSR count). The second-order valence-electron chi connectivity index (χ2n) is 5.86. The van der Waals surface area contributed by atoms with Crippen LogP contribution >= 0.6 is 50.3 Å². The standard InChI is InChI=1S/C20H17BrINO4S/c1-3-27-18-15(22)8-13(9-16(18)26-2)10-17-19(24)23(20(25)28-17)11-12-4-6-14(21)7-5-12/h4-10H,3,11H2,1-2H3/b17-10-. The van der Waals surface area contributed by atoms with Crippen molar-refractivity contribution in [2.24, 2.45) is 0 Å². The number of rotatable bonds is 6. The van der Waals surface area contributed by atoms with Gasteiger partial charge in [0, 0.05) is 4.47 Å². The lowest BCUT2D eigenvalue weighted by molar-refractivity contribution is -0.123. The molecule has 0 N–H and O–H groups in total. The summed E-state index contributed by atoms with van der Waals surface area (Å²) in [6.45, 7) is 2.69. The minimum absolute atomic E-state index is 0.249. The molecule has 28 heavy (non-hydrogen) atoms. The van der Waals surface area contributed by atoms with Gasteiger partial charge < -0.3 is 9.47 Å². The van der Waals surface area contributed by atoms with Gasteiger partial charge in [0.25, 0.3) is 11.1 Å². The summed E-state index contributed by atoms with van der Waals surface area (Å²) >= 11 is 6.50. The number of hydrogen-bond acceptors (Lipinski definition) is 5. The van der Waals surface area contributed by atoms with Gasteiger partial charge in [0.2, 0.25) is 0 Å². The summed E-state index contributed by atoms with van der Waals surface area (Å²) in [5.41, 5.74) is 1.67. The third-order valence-corrected chi connectivity index (χ3v) is 6.20. The number of ether oxygens (including phenoxy) is 2. The van der Waals surface area contributed by atoms with E-state index < -0.39 is 0 Å². The lowest BCUT2D eigenvalue weighted by Crippen LogP contribution is -2.27. The molecule has 1 saturated heterocycles. The van der Waals surface area contributed by atoms with Crippen LogP contribution in [-0.4, -0.2) is 29.8 Å². The zero-order valence-electron chi connectivity index (χ0n) is 15.2. The average Bonchev–Trinajstić information content (AvgIpc) is 2.92. The van der Waals surface area contributed by atoms with Crippen LogP contribution in [0, 0.1) is 3.57 Å². The molecule has 1 fully saturated rings. The molecular weight excluding hydrogens is 557 g/mol. The average molecular weight is 574 g/mol. The van der Waals surface area contributed by atoms with Crippen LogP contribution in [0.4, 0.5) is 4.79 Å². The number of benzene rings is 2. The van der Waals surface area contributed by atoms with Gasteiger partial charge in [-0.2, -0.15) is 0 Å². The monoisotopic (exact) mass is 573 g/mol. The third kappa shape index (κ3) is 4.72. The highest BCUT2D eigenvalue weighted by molar-refractivity contribution is 14.1. The Bertz CT molecular complexity index is 946. The van der Waals surface area contributed by atoms with Crippen molar-refractivity contribution in [3.8, 4) is 11.5 Å². The second kappa shape index (κ2) is 9.32. The number of imide groups is 1. The molecule has 8 heteroatoms. The second-order valence-corrected chi connectivity index (χ2v) is 8.93. The highest BCUT2D eigenvalue weighted by atomic mass is 127. The molecule has 0 aromatic heterocycles. The molecule has 0 saturated carbocycles. The summed E-state index contributed by atoms with van der Waals surface area (Å²) in [6.07, 6.45) is 1.72. The van der Waals surface area contributed by atoms with Gasteiger partial charge in [-0.05, 0) is 82.7 Å². The van der Waals surface area contributed by atoms with Crippen LogP contribution in [0.5, 0.6) is 11.5 Å². The van der Waals surface area contributed by atoms with E-state index in [-0.39, 0.29) is 17.7 Å². The SMILES string of the molecule is CCOc1c(I)cc(/C=C2\SC(=O)N(Cc3ccc(Br)cc3)C2=O)cc1OC. The predicted octanol–water partition coefficient (Wildman–Crippen LogP) is 5.70. The van der Waals surface area contributed by atoms with Crippen LogP contribution in [0.3, 0.4) is 0 Å². The Kier molecular flexibility index (Phi) is 7.05. The van der Waals surface area contributed by atoms with Crippen LogP contribution in [-0.2, 0) is 11.3 Å². The Morgan fingerprint density at radius 3 is 2.57 bits per heavy atom. The molecule has 2 aromatic carbocycles. The molecule has 1 heterocycles. The third-order valence-electron chi connectivity index (χ3n) is 3.97. The summed E-state index contributed by atoms with van der Waals surface area (Å²) in [5, 5.41) is -0.272. The number of amides is 2. The van der Waals surface area contributed by atoms with Crippen molar-refractivity contribution in [1.82, 2.24) is 4.90 Å². The van der Waals surface area contributed by atoms with Gasteiger partial charge in [-0.3, -0.25) is 14.5 Å². The Labute approximate surface area is 189 Å². The minimum Gasteiger partial charge on any atom is -0.493 e. The molecule has 2 amide bonds. The van der Waals surface area contributed by atoms with Crippen molar-refractivity contribution < 1.29 is 19.1 Å². The van der Waals surface area contributed by atoms with E-state index in [1.165, 1.54) is 4.90 Å². The first-order valence-corrected chi connectivity index (χ1v) is 11.1. The number of hydrogen-bond donors (Lipinski definition) is 0. The molecule has 5 nitrogen and oxygen atoms in total. The molecule has 2 aromatic rings. The summed E-state index contributed by atoms with van der Waals surface area (Å²) in [6, 6.07) is 11.2. The number of thioether (sulfide) groups is 1. The fourth-order valence-corrected chi connectivity index (χ4v) is 4.55. The van der Waals surface area contributed by atoms with E-state index in [4.69, 9.17) is 9.47 Å². The maximum absolute atomic E-state index is 12.7. The Morgan fingerprint density at radius 1 is 1.21 bits per heavy atom.